The van der Waals surface area contributed by atoms with E-state index in [2.05, 4.69) is 22.5 Å². The van der Waals surface area contributed by atoms with Crippen LogP contribution in [0.25, 0.3) is 11.0 Å². The summed E-state index contributed by atoms with van der Waals surface area (Å²) in [4.78, 5) is 4.35. The smallest absolute Gasteiger partial charge is 0.107 e. The standard InChI is InChI=1S/C12H15ClN2O/c1-8-4-11-12(14-5-8)10(13)6-15(11)9(2)7-16-3/h4-6,9H,7H2,1-3H3/t9-/m0/s1. The van der Waals surface area contributed by atoms with Crippen molar-refractivity contribution in [3.63, 3.8) is 0 Å². The Kier molecular flexibility index (Phi) is 3.17. The van der Waals surface area contributed by atoms with Crippen LogP contribution < -0.4 is 0 Å². The number of methoxy groups -OCH3 is 1. The maximum Gasteiger partial charge on any atom is 0.107 e. The number of hydrogen-bond acceptors (Lipinski definition) is 2. The third kappa shape index (κ3) is 1.93. The molecule has 3 nitrogen and oxygen atoms in total. The van der Waals surface area contributed by atoms with Crippen LogP contribution in [0.4, 0.5) is 0 Å². The molecule has 0 aliphatic carbocycles. The van der Waals surface area contributed by atoms with Gasteiger partial charge in [-0.15, -0.1) is 0 Å². The van der Waals surface area contributed by atoms with Gasteiger partial charge in [-0.05, 0) is 25.5 Å². The lowest BCUT2D eigenvalue weighted by molar-refractivity contribution is 0.164. The van der Waals surface area contributed by atoms with Crippen molar-refractivity contribution in [2.45, 2.75) is 19.9 Å². The van der Waals surface area contributed by atoms with E-state index in [1.54, 1.807) is 7.11 Å². The molecule has 0 unspecified atom stereocenters. The highest BCUT2D eigenvalue weighted by Crippen LogP contribution is 2.27. The predicted molar refractivity (Wildman–Crippen MR) is 66.1 cm³/mol. The van der Waals surface area contributed by atoms with Crippen LogP contribution in [0.5, 0.6) is 0 Å². The fraction of sp³-hybridized carbons (Fsp3) is 0.417. The van der Waals surface area contributed by atoms with Crippen LogP contribution in [0.1, 0.15) is 18.5 Å². The normalized spacial score (nSPS) is 13.2. The second kappa shape index (κ2) is 4.44. The first-order valence-corrected chi connectivity index (χ1v) is 5.63. The molecule has 0 radical (unpaired) electrons. The number of ether oxygens (including phenoxy) is 1. The second-order valence-corrected chi connectivity index (χ2v) is 4.48. The molecule has 2 aromatic heterocycles. The van der Waals surface area contributed by atoms with E-state index in [0.717, 1.165) is 16.6 Å². The minimum Gasteiger partial charge on any atom is -0.383 e. The van der Waals surface area contributed by atoms with Gasteiger partial charge in [-0.2, -0.15) is 0 Å². The zero-order valence-electron chi connectivity index (χ0n) is 9.70. The molecule has 86 valence electrons. The maximum atomic E-state index is 6.15. The van der Waals surface area contributed by atoms with E-state index in [4.69, 9.17) is 16.3 Å². The van der Waals surface area contributed by atoms with E-state index in [9.17, 15) is 0 Å². The summed E-state index contributed by atoms with van der Waals surface area (Å²) >= 11 is 6.15. The van der Waals surface area contributed by atoms with Crippen molar-refractivity contribution >= 4 is 22.6 Å². The first-order valence-electron chi connectivity index (χ1n) is 5.25. The van der Waals surface area contributed by atoms with Crippen LogP contribution in [0.2, 0.25) is 5.02 Å². The number of rotatable bonds is 3. The Morgan fingerprint density at radius 3 is 3.00 bits per heavy atom. The number of pyridine rings is 1. The van der Waals surface area contributed by atoms with Crippen LogP contribution in [0.15, 0.2) is 18.5 Å². The minimum atomic E-state index is 0.253. The molecule has 0 bridgehead atoms. The summed E-state index contributed by atoms with van der Waals surface area (Å²) in [5.41, 5.74) is 3.05. The first-order chi connectivity index (χ1) is 7.63. The third-order valence-corrected chi connectivity index (χ3v) is 2.92. The van der Waals surface area contributed by atoms with Gasteiger partial charge >= 0.3 is 0 Å². The van der Waals surface area contributed by atoms with Gasteiger partial charge in [-0.1, -0.05) is 11.6 Å². The highest BCUT2D eigenvalue weighted by molar-refractivity contribution is 6.35. The van der Waals surface area contributed by atoms with E-state index in [1.807, 2.05) is 19.3 Å². The van der Waals surface area contributed by atoms with Gasteiger partial charge in [0.1, 0.15) is 5.52 Å². The lowest BCUT2D eigenvalue weighted by atomic mass is 10.2. The average molecular weight is 239 g/mol. The molecular weight excluding hydrogens is 224 g/mol. The molecule has 4 heteroatoms. The van der Waals surface area contributed by atoms with Gasteiger partial charge in [0.15, 0.2) is 0 Å². The number of hydrogen-bond donors (Lipinski definition) is 0. The predicted octanol–water partition coefficient (Wildman–Crippen LogP) is 3.21. The van der Waals surface area contributed by atoms with Gasteiger partial charge in [0, 0.05) is 19.5 Å². The quantitative estimate of drug-likeness (QED) is 0.821. The summed E-state index contributed by atoms with van der Waals surface area (Å²) < 4.78 is 7.27. The fourth-order valence-electron chi connectivity index (χ4n) is 1.87. The summed E-state index contributed by atoms with van der Waals surface area (Å²) in [5, 5.41) is 0.693. The van der Waals surface area contributed by atoms with Crippen molar-refractivity contribution in [1.29, 1.82) is 0 Å². The van der Waals surface area contributed by atoms with Crippen LogP contribution in [-0.2, 0) is 4.74 Å². The number of halogens is 1. The van der Waals surface area contributed by atoms with Crippen molar-refractivity contribution < 1.29 is 4.74 Å². The Morgan fingerprint density at radius 2 is 2.31 bits per heavy atom. The Hall–Kier alpha value is -1.06. The van der Waals surface area contributed by atoms with Crippen LogP contribution in [0, 0.1) is 6.92 Å². The Morgan fingerprint density at radius 1 is 1.56 bits per heavy atom. The van der Waals surface area contributed by atoms with Crippen molar-refractivity contribution in [3.05, 3.63) is 29.0 Å². The summed E-state index contributed by atoms with van der Waals surface area (Å²) in [7, 11) is 1.70. The van der Waals surface area contributed by atoms with Gasteiger partial charge in [-0.25, -0.2) is 0 Å². The molecule has 0 aliphatic heterocycles. The zero-order chi connectivity index (χ0) is 11.7. The maximum absolute atomic E-state index is 6.15. The number of aromatic nitrogens is 2. The molecule has 16 heavy (non-hydrogen) atoms. The summed E-state index contributed by atoms with van der Waals surface area (Å²) in [6.45, 7) is 4.79. The molecule has 0 aromatic carbocycles. The molecule has 0 spiro atoms. The van der Waals surface area contributed by atoms with Crippen LogP contribution >= 0.6 is 11.6 Å². The lowest BCUT2D eigenvalue weighted by Crippen LogP contribution is -2.09. The summed E-state index contributed by atoms with van der Waals surface area (Å²) in [6.07, 6.45) is 3.75. The highest BCUT2D eigenvalue weighted by atomic mass is 35.5. The zero-order valence-corrected chi connectivity index (χ0v) is 10.5. The van der Waals surface area contributed by atoms with E-state index >= 15 is 0 Å². The Bertz CT molecular complexity index is 507. The lowest BCUT2D eigenvalue weighted by Gasteiger charge is -2.13. The molecule has 0 aliphatic rings. The molecule has 2 heterocycles. The van der Waals surface area contributed by atoms with Gasteiger partial charge in [-0.3, -0.25) is 4.98 Å². The summed E-state index contributed by atoms with van der Waals surface area (Å²) in [6, 6.07) is 2.35. The molecule has 2 aromatic rings. The number of nitrogens with zero attached hydrogens (tertiary/aromatic N) is 2. The topological polar surface area (TPSA) is 27.1 Å². The molecule has 0 fully saturated rings. The van der Waals surface area contributed by atoms with Crippen LogP contribution in [0.3, 0.4) is 0 Å². The van der Waals surface area contributed by atoms with Crippen molar-refractivity contribution in [1.82, 2.24) is 9.55 Å². The molecule has 0 N–H and O–H groups in total. The van der Waals surface area contributed by atoms with E-state index < -0.39 is 0 Å². The highest BCUT2D eigenvalue weighted by Gasteiger charge is 2.12. The molecule has 0 saturated carbocycles. The molecule has 1 atom stereocenters. The Balaban J connectivity index is 2.56. The van der Waals surface area contributed by atoms with Crippen molar-refractivity contribution in [2.75, 3.05) is 13.7 Å². The van der Waals surface area contributed by atoms with Gasteiger partial charge in [0.2, 0.25) is 0 Å². The first kappa shape index (κ1) is 11.4. The third-order valence-electron chi connectivity index (χ3n) is 2.64. The van der Waals surface area contributed by atoms with Crippen molar-refractivity contribution in [2.24, 2.45) is 0 Å². The van der Waals surface area contributed by atoms with E-state index in [1.165, 1.54) is 0 Å². The molecular formula is C12H15ClN2O. The van der Waals surface area contributed by atoms with E-state index in [-0.39, 0.29) is 6.04 Å². The SMILES string of the molecule is COC[C@H](C)n1cc(Cl)c2ncc(C)cc21. The van der Waals surface area contributed by atoms with Crippen molar-refractivity contribution in [3.8, 4) is 0 Å². The van der Waals surface area contributed by atoms with Crippen LogP contribution in [-0.4, -0.2) is 23.3 Å². The number of aryl methyl sites for hydroxylation is 1. The number of fused-ring (bicyclic) bond motifs is 1. The Labute approximate surface area is 100.0 Å². The minimum absolute atomic E-state index is 0.253. The molecule has 2 rings (SSSR count). The van der Waals surface area contributed by atoms with E-state index in [0.29, 0.717) is 11.6 Å². The summed E-state index contributed by atoms with van der Waals surface area (Å²) in [5.74, 6) is 0. The average Bonchev–Trinajstić information content (AvgIpc) is 2.56. The molecule has 0 saturated heterocycles. The fourth-order valence-corrected chi connectivity index (χ4v) is 2.12. The van der Waals surface area contributed by atoms with Gasteiger partial charge in [0.05, 0.1) is 23.2 Å². The van der Waals surface area contributed by atoms with Gasteiger partial charge in [0.25, 0.3) is 0 Å². The van der Waals surface area contributed by atoms with Gasteiger partial charge < -0.3 is 9.30 Å². The largest absolute Gasteiger partial charge is 0.383 e. The second-order valence-electron chi connectivity index (χ2n) is 4.07. The molecule has 0 amide bonds. The monoisotopic (exact) mass is 238 g/mol.